The van der Waals surface area contributed by atoms with E-state index in [9.17, 15) is 9.90 Å². The molecule has 0 saturated carbocycles. The van der Waals surface area contributed by atoms with Crippen LogP contribution in [0.3, 0.4) is 0 Å². The number of nitrogens with zero attached hydrogens (tertiary/aromatic N) is 3. The lowest BCUT2D eigenvalue weighted by molar-refractivity contribution is 0.102. The quantitative estimate of drug-likeness (QED) is 0.758. The molecule has 0 aliphatic heterocycles. The fourth-order valence-electron chi connectivity index (χ4n) is 2.04. The SMILES string of the molecule is Cc1nc2ccc(C(=O)Nc3ncccc3O)cc2nc1C. The summed E-state index contributed by atoms with van der Waals surface area (Å²) >= 11 is 0. The van der Waals surface area contributed by atoms with Crippen LogP contribution in [0.4, 0.5) is 5.82 Å². The average Bonchev–Trinajstić information content (AvgIpc) is 2.50. The molecule has 3 rings (SSSR count). The van der Waals surface area contributed by atoms with Crippen LogP contribution >= 0.6 is 0 Å². The molecule has 3 aromatic rings. The number of pyridine rings is 1. The first-order valence-electron chi connectivity index (χ1n) is 6.75. The highest BCUT2D eigenvalue weighted by Crippen LogP contribution is 2.20. The molecule has 0 spiro atoms. The molecule has 1 aromatic carbocycles. The Morgan fingerprint density at radius 2 is 1.82 bits per heavy atom. The van der Waals surface area contributed by atoms with Crippen LogP contribution in [-0.4, -0.2) is 26.0 Å². The molecule has 0 fully saturated rings. The van der Waals surface area contributed by atoms with Crippen molar-refractivity contribution in [3.05, 3.63) is 53.5 Å². The molecule has 22 heavy (non-hydrogen) atoms. The number of hydrogen-bond acceptors (Lipinski definition) is 5. The number of rotatable bonds is 2. The highest BCUT2D eigenvalue weighted by Gasteiger charge is 2.11. The minimum Gasteiger partial charge on any atom is -0.504 e. The zero-order valence-electron chi connectivity index (χ0n) is 12.2. The van der Waals surface area contributed by atoms with E-state index in [2.05, 4.69) is 20.3 Å². The van der Waals surface area contributed by atoms with Gasteiger partial charge >= 0.3 is 0 Å². The zero-order chi connectivity index (χ0) is 15.7. The molecule has 0 aliphatic rings. The van der Waals surface area contributed by atoms with Gasteiger partial charge in [-0.1, -0.05) is 0 Å². The maximum Gasteiger partial charge on any atom is 0.256 e. The zero-order valence-corrected chi connectivity index (χ0v) is 12.2. The first-order chi connectivity index (χ1) is 10.5. The molecule has 6 nitrogen and oxygen atoms in total. The van der Waals surface area contributed by atoms with Crippen LogP contribution in [0.15, 0.2) is 36.5 Å². The lowest BCUT2D eigenvalue weighted by atomic mass is 10.1. The number of amides is 1. The normalized spacial score (nSPS) is 10.6. The van der Waals surface area contributed by atoms with E-state index in [0.717, 1.165) is 16.9 Å². The van der Waals surface area contributed by atoms with Crippen molar-refractivity contribution < 1.29 is 9.90 Å². The highest BCUT2D eigenvalue weighted by atomic mass is 16.3. The third-order valence-corrected chi connectivity index (χ3v) is 3.36. The van der Waals surface area contributed by atoms with E-state index in [1.165, 1.54) is 12.3 Å². The lowest BCUT2D eigenvalue weighted by Gasteiger charge is -2.07. The third kappa shape index (κ3) is 2.58. The Kier molecular flexibility index (Phi) is 3.42. The second-order valence-electron chi connectivity index (χ2n) is 4.92. The largest absolute Gasteiger partial charge is 0.504 e. The van der Waals surface area contributed by atoms with Gasteiger partial charge in [-0.3, -0.25) is 4.79 Å². The van der Waals surface area contributed by atoms with Gasteiger partial charge in [0.05, 0.1) is 22.4 Å². The number of nitrogens with one attached hydrogen (secondary N) is 1. The van der Waals surface area contributed by atoms with E-state index in [1.54, 1.807) is 24.3 Å². The summed E-state index contributed by atoms with van der Waals surface area (Å²) in [5, 5.41) is 12.2. The summed E-state index contributed by atoms with van der Waals surface area (Å²) < 4.78 is 0. The molecular weight excluding hydrogens is 280 g/mol. The summed E-state index contributed by atoms with van der Waals surface area (Å²) in [6.07, 6.45) is 1.49. The standard InChI is InChI=1S/C16H14N4O2/c1-9-10(2)19-13-8-11(5-6-12(13)18-9)16(22)20-15-14(21)4-3-7-17-15/h3-8,21H,1-2H3,(H,17,20,22). The van der Waals surface area contributed by atoms with E-state index >= 15 is 0 Å². The third-order valence-electron chi connectivity index (χ3n) is 3.36. The van der Waals surface area contributed by atoms with Crippen LogP contribution < -0.4 is 5.32 Å². The second kappa shape index (κ2) is 5.40. The minimum absolute atomic E-state index is 0.0806. The fraction of sp³-hybridized carbons (Fsp3) is 0.125. The molecule has 0 radical (unpaired) electrons. The number of benzene rings is 1. The van der Waals surface area contributed by atoms with Gasteiger partial charge in [-0.25, -0.2) is 15.0 Å². The Bertz CT molecular complexity index is 877. The van der Waals surface area contributed by atoms with Crippen LogP contribution in [0, 0.1) is 13.8 Å². The van der Waals surface area contributed by atoms with Gasteiger partial charge in [-0.2, -0.15) is 0 Å². The Balaban J connectivity index is 1.94. The van der Waals surface area contributed by atoms with Gasteiger partial charge in [0.2, 0.25) is 0 Å². The van der Waals surface area contributed by atoms with Crippen LogP contribution in [0.2, 0.25) is 0 Å². The van der Waals surface area contributed by atoms with Gasteiger partial charge in [-0.15, -0.1) is 0 Å². The molecule has 1 amide bonds. The van der Waals surface area contributed by atoms with Crippen molar-refractivity contribution in [2.24, 2.45) is 0 Å². The molecule has 0 saturated heterocycles. The van der Waals surface area contributed by atoms with E-state index in [0.29, 0.717) is 11.1 Å². The van der Waals surface area contributed by atoms with Gasteiger partial charge in [-0.05, 0) is 44.2 Å². The molecule has 2 heterocycles. The molecule has 2 aromatic heterocycles. The van der Waals surface area contributed by atoms with Crippen molar-refractivity contribution in [3.8, 4) is 5.75 Å². The van der Waals surface area contributed by atoms with Crippen molar-refractivity contribution in [3.63, 3.8) is 0 Å². The molecular formula is C16H14N4O2. The summed E-state index contributed by atoms with van der Waals surface area (Å²) in [7, 11) is 0. The number of carbonyl (C=O) groups excluding carboxylic acids is 1. The molecule has 0 atom stereocenters. The van der Waals surface area contributed by atoms with Crippen molar-refractivity contribution >= 4 is 22.8 Å². The Morgan fingerprint density at radius 1 is 1.09 bits per heavy atom. The average molecular weight is 294 g/mol. The molecule has 0 bridgehead atoms. The number of anilines is 1. The Labute approximate surface area is 126 Å². The van der Waals surface area contributed by atoms with Crippen molar-refractivity contribution in [1.82, 2.24) is 15.0 Å². The molecule has 0 unspecified atom stereocenters. The molecule has 110 valence electrons. The summed E-state index contributed by atoms with van der Waals surface area (Å²) in [5.41, 5.74) is 3.51. The molecule has 2 N–H and O–H groups in total. The van der Waals surface area contributed by atoms with Crippen LogP contribution in [0.1, 0.15) is 21.7 Å². The van der Waals surface area contributed by atoms with E-state index < -0.39 is 0 Å². The smallest absolute Gasteiger partial charge is 0.256 e. The first kappa shape index (κ1) is 13.9. The summed E-state index contributed by atoms with van der Waals surface area (Å²) in [5.74, 6) is -0.322. The van der Waals surface area contributed by atoms with E-state index in [-0.39, 0.29) is 17.5 Å². The minimum atomic E-state index is -0.365. The highest BCUT2D eigenvalue weighted by molar-refractivity contribution is 6.06. The van der Waals surface area contributed by atoms with Crippen molar-refractivity contribution in [1.29, 1.82) is 0 Å². The van der Waals surface area contributed by atoms with E-state index in [4.69, 9.17) is 0 Å². The van der Waals surface area contributed by atoms with Crippen LogP contribution in [0.5, 0.6) is 5.75 Å². The summed E-state index contributed by atoms with van der Waals surface area (Å²) in [6, 6.07) is 8.13. The van der Waals surface area contributed by atoms with Gasteiger partial charge < -0.3 is 10.4 Å². The van der Waals surface area contributed by atoms with Crippen LogP contribution in [0.25, 0.3) is 11.0 Å². The van der Waals surface area contributed by atoms with Crippen LogP contribution in [-0.2, 0) is 0 Å². The van der Waals surface area contributed by atoms with E-state index in [1.807, 2.05) is 13.8 Å². The fourth-order valence-corrected chi connectivity index (χ4v) is 2.04. The molecule has 0 aliphatic carbocycles. The predicted octanol–water partition coefficient (Wildman–Crippen LogP) is 2.60. The Hall–Kier alpha value is -3.02. The van der Waals surface area contributed by atoms with Gasteiger partial charge in [0, 0.05) is 11.8 Å². The van der Waals surface area contributed by atoms with Gasteiger partial charge in [0.1, 0.15) is 0 Å². The van der Waals surface area contributed by atoms with Crippen molar-refractivity contribution in [2.75, 3.05) is 5.32 Å². The first-order valence-corrected chi connectivity index (χ1v) is 6.75. The topological polar surface area (TPSA) is 88.0 Å². The summed E-state index contributed by atoms with van der Waals surface area (Å²) in [6.45, 7) is 3.77. The summed E-state index contributed by atoms with van der Waals surface area (Å²) in [4.78, 5) is 25.0. The van der Waals surface area contributed by atoms with Gasteiger partial charge in [0.15, 0.2) is 11.6 Å². The number of hydrogen-bond donors (Lipinski definition) is 2. The number of aromatic hydroxyl groups is 1. The lowest BCUT2D eigenvalue weighted by Crippen LogP contribution is -2.13. The maximum atomic E-state index is 12.3. The monoisotopic (exact) mass is 294 g/mol. The number of aryl methyl sites for hydroxylation is 2. The predicted molar refractivity (Wildman–Crippen MR) is 82.9 cm³/mol. The maximum absolute atomic E-state index is 12.3. The Morgan fingerprint density at radius 3 is 2.55 bits per heavy atom. The van der Waals surface area contributed by atoms with Crippen molar-refractivity contribution in [2.45, 2.75) is 13.8 Å². The molecule has 6 heteroatoms. The number of carbonyl (C=O) groups is 1. The number of fused-ring (bicyclic) bond motifs is 1. The second-order valence-corrected chi connectivity index (χ2v) is 4.92. The van der Waals surface area contributed by atoms with Gasteiger partial charge in [0.25, 0.3) is 5.91 Å². The number of aromatic nitrogens is 3.